The van der Waals surface area contributed by atoms with Gasteiger partial charge in [-0.2, -0.15) is 4.98 Å². The van der Waals surface area contributed by atoms with Gasteiger partial charge in [0.15, 0.2) is 0 Å². The van der Waals surface area contributed by atoms with Crippen LogP contribution in [0.1, 0.15) is 12.8 Å². The van der Waals surface area contributed by atoms with Gasteiger partial charge in [0, 0.05) is 26.4 Å². The van der Waals surface area contributed by atoms with Crippen molar-refractivity contribution in [2.24, 2.45) is 11.8 Å². The molecule has 1 aromatic rings. The number of rotatable bonds is 4. The first-order chi connectivity index (χ1) is 8.70. The third-order valence-electron chi connectivity index (χ3n) is 3.00. The van der Waals surface area contributed by atoms with Crippen molar-refractivity contribution >= 4 is 27.7 Å². The van der Waals surface area contributed by atoms with Crippen LogP contribution in [-0.2, 0) is 4.74 Å². The number of nitrogen functional groups attached to an aromatic ring is 1. The largest absolute Gasteiger partial charge is 0.381 e. The average molecular weight is 316 g/mol. The fourth-order valence-electron chi connectivity index (χ4n) is 2.12. The predicted octanol–water partition coefficient (Wildman–Crippen LogP) is 1.39. The molecule has 3 N–H and O–H groups in total. The Labute approximate surface area is 115 Å². The van der Waals surface area contributed by atoms with Gasteiger partial charge in [-0.25, -0.2) is 10.8 Å². The molecule has 1 aliphatic heterocycles. The van der Waals surface area contributed by atoms with E-state index in [4.69, 9.17) is 10.6 Å². The van der Waals surface area contributed by atoms with Gasteiger partial charge in [0.1, 0.15) is 5.82 Å². The van der Waals surface area contributed by atoms with Crippen molar-refractivity contribution in [2.45, 2.75) is 12.8 Å². The molecule has 0 radical (unpaired) electrons. The molecular formula is C11H18BrN5O. The van der Waals surface area contributed by atoms with Crippen LogP contribution in [0.5, 0.6) is 0 Å². The Bertz CT molecular complexity index is 397. The Morgan fingerprint density at radius 1 is 1.67 bits per heavy atom. The summed E-state index contributed by atoms with van der Waals surface area (Å²) in [6.45, 7) is 2.63. The molecule has 100 valence electrons. The molecule has 1 fully saturated rings. The molecule has 1 unspecified atom stereocenters. The van der Waals surface area contributed by atoms with E-state index in [9.17, 15) is 0 Å². The number of halogens is 1. The number of hydrogen-bond acceptors (Lipinski definition) is 6. The van der Waals surface area contributed by atoms with Crippen LogP contribution in [0.4, 0.5) is 11.8 Å². The summed E-state index contributed by atoms with van der Waals surface area (Å²) < 4.78 is 6.35. The maximum Gasteiger partial charge on any atom is 0.239 e. The second-order valence-corrected chi connectivity index (χ2v) is 5.33. The van der Waals surface area contributed by atoms with Crippen LogP contribution in [0, 0.1) is 5.92 Å². The predicted molar refractivity (Wildman–Crippen MR) is 74.4 cm³/mol. The van der Waals surface area contributed by atoms with Gasteiger partial charge in [-0.1, -0.05) is 0 Å². The molecule has 2 heterocycles. The number of anilines is 2. The van der Waals surface area contributed by atoms with Gasteiger partial charge in [-0.15, -0.1) is 0 Å². The van der Waals surface area contributed by atoms with Crippen LogP contribution in [0.15, 0.2) is 10.7 Å². The minimum Gasteiger partial charge on any atom is -0.381 e. The van der Waals surface area contributed by atoms with Gasteiger partial charge >= 0.3 is 0 Å². The Hall–Kier alpha value is -0.920. The molecule has 0 spiro atoms. The molecule has 0 aromatic carbocycles. The van der Waals surface area contributed by atoms with Gasteiger partial charge in [0.2, 0.25) is 5.95 Å². The molecule has 2 rings (SSSR count). The Morgan fingerprint density at radius 2 is 2.50 bits per heavy atom. The zero-order valence-corrected chi connectivity index (χ0v) is 12.0. The lowest BCUT2D eigenvalue weighted by Crippen LogP contribution is -2.31. The van der Waals surface area contributed by atoms with E-state index in [-0.39, 0.29) is 0 Å². The molecule has 0 bridgehead atoms. The molecule has 6 nitrogen and oxygen atoms in total. The van der Waals surface area contributed by atoms with Crippen LogP contribution in [0.2, 0.25) is 0 Å². The fraction of sp³-hybridized carbons (Fsp3) is 0.636. The Balaban J connectivity index is 2.04. The third-order valence-corrected chi connectivity index (χ3v) is 3.56. The van der Waals surface area contributed by atoms with Crippen molar-refractivity contribution in [3.63, 3.8) is 0 Å². The summed E-state index contributed by atoms with van der Waals surface area (Å²) in [5.74, 6) is 7.13. The zero-order valence-electron chi connectivity index (χ0n) is 10.4. The summed E-state index contributed by atoms with van der Waals surface area (Å²) in [6.07, 6.45) is 4.04. The highest BCUT2D eigenvalue weighted by molar-refractivity contribution is 9.10. The van der Waals surface area contributed by atoms with Crippen molar-refractivity contribution < 1.29 is 4.74 Å². The second kappa shape index (κ2) is 6.31. The van der Waals surface area contributed by atoms with E-state index in [1.807, 2.05) is 7.05 Å². The normalized spacial score (nSPS) is 19.6. The van der Waals surface area contributed by atoms with Crippen LogP contribution in [0.25, 0.3) is 0 Å². The number of aromatic nitrogens is 2. The summed E-state index contributed by atoms with van der Waals surface area (Å²) in [5.41, 5.74) is 2.46. The summed E-state index contributed by atoms with van der Waals surface area (Å²) >= 11 is 3.46. The maximum absolute atomic E-state index is 5.49. The van der Waals surface area contributed by atoms with E-state index >= 15 is 0 Å². The molecule has 1 aliphatic rings. The molecule has 0 amide bonds. The Morgan fingerprint density at radius 3 is 3.17 bits per heavy atom. The highest BCUT2D eigenvalue weighted by Gasteiger charge is 2.18. The van der Waals surface area contributed by atoms with Crippen LogP contribution >= 0.6 is 15.9 Å². The van der Waals surface area contributed by atoms with E-state index < -0.39 is 0 Å². The number of nitrogens with one attached hydrogen (secondary N) is 1. The third kappa shape index (κ3) is 3.30. The number of nitrogens with two attached hydrogens (primary N) is 1. The number of hydrogen-bond donors (Lipinski definition) is 2. The van der Waals surface area contributed by atoms with E-state index in [1.165, 1.54) is 6.42 Å². The summed E-state index contributed by atoms with van der Waals surface area (Å²) in [6, 6.07) is 0. The van der Waals surface area contributed by atoms with Gasteiger partial charge in [-0.05, 0) is 34.7 Å². The molecule has 0 saturated carbocycles. The van der Waals surface area contributed by atoms with Crippen LogP contribution in [0.3, 0.4) is 0 Å². The van der Waals surface area contributed by atoms with Gasteiger partial charge in [-0.3, -0.25) is 5.43 Å². The lowest BCUT2D eigenvalue weighted by atomic mass is 10.0. The first kappa shape index (κ1) is 13.5. The fourth-order valence-corrected chi connectivity index (χ4v) is 2.61. The first-order valence-electron chi connectivity index (χ1n) is 5.98. The quantitative estimate of drug-likeness (QED) is 0.646. The molecule has 1 saturated heterocycles. The van der Waals surface area contributed by atoms with Crippen molar-refractivity contribution in [3.8, 4) is 0 Å². The minimum absolute atomic E-state index is 0.417. The van der Waals surface area contributed by atoms with E-state index in [0.29, 0.717) is 11.9 Å². The van der Waals surface area contributed by atoms with E-state index in [0.717, 1.165) is 36.5 Å². The zero-order chi connectivity index (χ0) is 13.0. The highest BCUT2D eigenvalue weighted by Crippen LogP contribution is 2.25. The van der Waals surface area contributed by atoms with Crippen molar-refractivity contribution in [1.82, 2.24) is 9.97 Å². The number of ether oxygens (including phenoxy) is 1. The molecule has 18 heavy (non-hydrogen) atoms. The summed E-state index contributed by atoms with van der Waals surface area (Å²) in [4.78, 5) is 10.5. The summed E-state index contributed by atoms with van der Waals surface area (Å²) in [7, 11) is 2.02. The van der Waals surface area contributed by atoms with Crippen molar-refractivity contribution in [3.05, 3.63) is 10.7 Å². The lowest BCUT2D eigenvalue weighted by molar-refractivity contribution is 0.0576. The first-order valence-corrected chi connectivity index (χ1v) is 6.78. The molecule has 1 atom stereocenters. The molecule has 0 aliphatic carbocycles. The van der Waals surface area contributed by atoms with E-state index in [1.54, 1.807) is 6.20 Å². The molecular weight excluding hydrogens is 298 g/mol. The lowest BCUT2D eigenvalue weighted by Gasteiger charge is -2.28. The number of nitrogens with zero attached hydrogens (tertiary/aromatic N) is 3. The molecule has 7 heteroatoms. The Kier molecular flexibility index (Phi) is 4.73. The van der Waals surface area contributed by atoms with E-state index in [2.05, 4.69) is 36.2 Å². The van der Waals surface area contributed by atoms with Crippen LogP contribution in [-0.4, -0.2) is 36.8 Å². The highest BCUT2D eigenvalue weighted by atomic mass is 79.9. The average Bonchev–Trinajstić information content (AvgIpc) is 2.40. The molecule has 1 aromatic heterocycles. The van der Waals surface area contributed by atoms with Crippen molar-refractivity contribution in [2.75, 3.05) is 37.1 Å². The SMILES string of the molecule is CN(CC1CCCOC1)c1nc(NN)ncc1Br. The smallest absolute Gasteiger partial charge is 0.239 e. The maximum atomic E-state index is 5.49. The topological polar surface area (TPSA) is 76.3 Å². The van der Waals surface area contributed by atoms with Crippen LogP contribution < -0.4 is 16.2 Å². The van der Waals surface area contributed by atoms with Gasteiger partial charge < -0.3 is 9.64 Å². The van der Waals surface area contributed by atoms with Gasteiger partial charge in [0.25, 0.3) is 0 Å². The summed E-state index contributed by atoms with van der Waals surface area (Å²) in [5, 5.41) is 0. The standard InChI is InChI=1S/C11H18BrN5O/c1-17(6-8-3-2-4-18-7-8)10-9(12)5-14-11(15-10)16-13/h5,8H,2-4,6-7,13H2,1H3,(H,14,15,16). The monoisotopic (exact) mass is 315 g/mol. The number of hydrazine groups is 1. The minimum atomic E-state index is 0.417. The van der Waals surface area contributed by atoms with Gasteiger partial charge in [0.05, 0.1) is 11.1 Å². The second-order valence-electron chi connectivity index (χ2n) is 4.47. The van der Waals surface area contributed by atoms with Crippen molar-refractivity contribution in [1.29, 1.82) is 0 Å².